The van der Waals surface area contributed by atoms with Crippen LogP contribution < -0.4 is 26.6 Å². The van der Waals surface area contributed by atoms with E-state index in [1.807, 2.05) is 20.8 Å². The highest BCUT2D eigenvalue weighted by Crippen LogP contribution is 2.50. The molecule has 0 saturated carbocycles. The lowest BCUT2D eigenvalue weighted by Crippen LogP contribution is -2.53. The fraction of sp³-hybridized carbons (Fsp3) is 0.538. The number of alkyl carbamates (subject to hydrolysis) is 1. The van der Waals surface area contributed by atoms with Gasteiger partial charge in [0.2, 0.25) is 5.91 Å². The Morgan fingerprint density at radius 3 is 2.40 bits per heavy atom. The Hall–Kier alpha value is -3.41. The summed E-state index contributed by atoms with van der Waals surface area (Å²) >= 11 is 0. The molecule has 1 aliphatic rings. The van der Waals surface area contributed by atoms with Gasteiger partial charge in [0.1, 0.15) is 29.3 Å². The molecule has 1 saturated heterocycles. The maximum Gasteiger partial charge on any atom is 0.408 e. The smallest absolute Gasteiger partial charge is 0.408 e. The molecule has 13 nitrogen and oxygen atoms in total. The van der Waals surface area contributed by atoms with E-state index in [1.54, 1.807) is 45.0 Å². The maximum atomic E-state index is 13.1. The number of rotatable bonds is 8. The van der Waals surface area contributed by atoms with Crippen molar-refractivity contribution < 1.29 is 32.7 Å². The third-order valence-corrected chi connectivity index (χ3v) is 6.83. The molecular formula is C26H38N5O8P. The zero-order valence-corrected chi connectivity index (χ0v) is 24.5. The van der Waals surface area contributed by atoms with Crippen LogP contribution in [0, 0.1) is 0 Å². The molecule has 3 atom stereocenters. The summed E-state index contributed by atoms with van der Waals surface area (Å²) in [7, 11) is -3.60. The van der Waals surface area contributed by atoms with E-state index >= 15 is 0 Å². The van der Waals surface area contributed by atoms with Crippen molar-refractivity contribution in [1.29, 1.82) is 0 Å². The SMILES string of the molecule is CC(C)(C)NC(=O)[C@@H](Cc1ccc(OP2(=O)CO[C@@H](Cn3ccc(N)nc3=O)CO2)cc1)NC(=O)OC(C)(C)C. The molecule has 2 heterocycles. The number of carbonyl (C=O) groups is 2. The van der Waals surface area contributed by atoms with Crippen LogP contribution in [0.4, 0.5) is 10.6 Å². The fourth-order valence-corrected chi connectivity index (χ4v) is 5.05. The van der Waals surface area contributed by atoms with Gasteiger partial charge in [0.05, 0.1) is 13.2 Å². The summed E-state index contributed by atoms with van der Waals surface area (Å²) in [5, 5.41) is 5.51. The summed E-state index contributed by atoms with van der Waals surface area (Å²) in [6, 6.07) is 7.19. The normalized spacial score (nSPS) is 20.3. The molecule has 0 aliphatic carbocycles. The molecule has 220 valence electrons. The van der Waals surface area contributed by atoms with Gasteiger partial charge in [-0.1, -0.05) is 12.1 Å². The van der Waals surface area contributed by atoms with E-state index in [4.69, 9.17) is 24.3 Å². The first-order valence-corrected chi connectivity index (χ1v) is 14.5. The number of nitrogen functional groups attached to an aromatic ring is 1. The van der Waals surface area contributed by atoms with E-state index in [9.17, 15) is 18.9 Å². The monoisotopic (exact) mass is 579 g/mol. The van der Waals surface area contributed by atoms with Gasteiger partial charge in [-0.2, -0.15) is 4.98 Å². The predicted octanol–water partition coefficient (Wildman–Crippen LogP) is 2.82. The molecule has 2 aromatic rings. The maximum absolute atomic E-state index is 13.1. The van der Waals surface area contributed by atoms with Crippen LogP contribution in [0.25, 0.3) is 0 Å². The standard InChI is InChI=1S/C26H38N5O8P/c1-25(2,3)30-22(32)20(28-24(34)38-26(4,5)6)13-17-7-9-18(10-8-17)39-40(35)16-36-19(15-37-40)14-31-12-11-21(27)29-23(31)33/h7-12,19-20H,13-16H2,1-6H3,(H,28,34)(H,30,32)(H2,27,29,33)/t19-,20+,40?/m0/s1. The summed E-state index contributed by atoms with van der Waals surface area (Å²) in [6.45, 7) is 10.9. The van der Waals surface area contributed by atoms with Crippen molar-refractivity contribution >= 4 is 25.4 Å². The number of hydrogen-bond acceptors (Lipinski definition) is 10. The third kappa shape index (κ3) is 9.96. The largest absolute Gasteiger partial charge is 0.444 e. The number of benzene rings is 1. The topological polar surface area (TPSA) is 173 Å². The Labute approximate surface area is 233 Å². The third-order valence-electron chi connectivity index (χ3n) is 5.33. The number of ether oxygens (including phenoxy) is 2. The number of nitrogens with two attached hydrogens (primary N) is 1. The average molecular weight is 580 g/mol. The highest BCUT2D eigenvalue weighted by molar-refractivity contribution is 7.54. The van der Waals surface area contributed by atoms with Crippen LogP contribution in [0.2, 0.25) is 0 Å². The van der Waals surface area contributed by atoms with Crippen molar-refractivity contribution in [3.05, 3.63) is 52.6 Å². The van der Waals surface area contributed by atoms with Crippen LogP contribution in [0.3, 0.4) is 0 Å². The van der Waals surface area contributed by atoms with Crippen LogP contribution in [-0.4, -0.2) is 57.8 Å². The molecule has 0 spiro atoms. The molecule has 1 aromatic carbocycles. The summed E-state index contributed by atoms with van der Waals surface area (Å²) < 4.78 is 36.5. The molecule has 4 N–H and O–H groups in total. The molecule has 1 aliphatic heterocycles. The van der Waals surface area contributed by atoms with Gasteiger partial charge in [-0.15, -0.1) is 0 Å². The van der Waals surface area contributed by atoms with Gasteiger partial charge >= 0.3 is 19.4 Å². The number of nitrogens with zero attached hydrogens (tertiary/aromatic N) is 2. The van der Waals surface area contributed by atoms with Gasteiger partial charge < -0.3 is 30.4 Å². The van der Waals surface area contributed by atoms with E-state index in [1.165, 1.54) is 16.8 Å². The van der Waals surface area contributed by atoms with Crippen molar-refractivity contribution in [2.75, 3.05) is 18.7 Å². The second-order valence-corrected chi connectivity index (χ2v) is 13.4. The molecule has 2 amide bonds. The number of anilines is 1. The van der Waals surface area contributed by atoms with Gasteiger partial charge in [0, 0.05) is 18.2 Å². The number of carbonyl (C=O) groups excluding carboxylic acids is 2. The first kappa shape index (κ1) is 31.1. The van der Waals surface area contributed by atoms with Gasteiger partial charge in [-0.3, -0.25) is 13.9 Å². The second-order valence-electron chi connectivity index (χ2n) is 11.5. The van der Waals surface area contributed by atoms with E-state index in [-0.39, 0.29) is 43.4 Å². The van der Waals surface area contributed by atoms with E-state index in [2.05, 4.69) is 15.6 Å². The van der Waals surface area contributed by atoms with Crippen molar-refractivity contribution in [3.8, 4) is 5.75 Å². The van der Waals surface area contributed by atoms with Crippen molar-refractivity contribution in [2.24, 2.45) is 0 Å². The van der Waals surface area contributed by atoms with Crippen LogP contribution >= 0.6 is 7.60 Å². The van der Waals surface area contributed by atoms with E-state index in [0.29, 0.717) is 0 Å². The first-order valence-electron chi connectivity index (χ1n) is 12.8. The van der Waals surface area contributed by atoms with Gasteiger partial charge in [-0.25, -0.2) is 14.2 Å². The Bertz CT molecular complexity index is 1290. The quantitative estimate of drug-likeness (QED) is 0.395. The highest BCUT2D eigenvalue weighted by Gasteiger charge is 2.35. The Morgan fingerprint density at radius 2 is 1.85 bits per heavy atom. The van der Waals surface area contributed by atoms with Crippen LogP contribution in [-0.2, 0) is 36.3 Å². The summed E-state index contributed by atoms with van der Waals surface area (Å²) in [4.78, 5) is 40.9. The van der Waals surface area contributed by atoms with Crippen molar-refractivity contribution in [3.63, 3.8) is 0 Å². The average Bonchev–Trinajstić information content (AvgIpc) is 2.81. The fourth-order valence-electron chi connectivity index (χ4n) is 3.64. The molecule has 40 heavy (non-hydrogen) atoms. The number of aromatic nitrogens is 2. The zero-order chi connectivity index (χ0) is 29.7. The zero-order valence-electron chi connectivity index (χ0n) is 23.6. The Morgan fingerprint density at radius 1 is 1.18 bits per heavy atom. The molecule has 1 aromatic heterocycles. The van der Waals surface area contributed by atoms with Gasteiger partial charge in [0.25, 0.3) is 0 Å². The number of nitrogens with one attached hydrogen (secondary N) is 2. The first-order chi connectivity index (χ1) is 18.5. The molecular weight excluding hydrogens is 541 g/mol. The number of hydrogen-bond donors (Lipinski definition) is 3. The van der Waals surface area contributed by atoms with E-state index < -0.39 is 42.7 Å². The van der Waals surface area contributed by atoms with Crippen LogP contribution in [0.15, 0.2) is 41.3 Å². The summed E-state index contributed by atoms with van der Waals surface area (Å²) in [6.07, 6.45) is 0.154. The van der Waals surface area contributed by atoms with Gasteiger partial charge in [-0.05, 0) is 65.3 Å². The summed E-state index contributed by atoms with van der Waals surface area (Å²) in [5.41, 5.74) is 4.48. The lowest BCUT2D eigenvalue weighted by atomic mass is 10.0. The van der Waals surface area contributed by atoms with E-state index in [0.717, 1.165) is 5.56 Å². The lowest BCUT2D eigenvalue weighted by Gasteiger charge is -2.29. The predicted molar refractivity (Wildman–Crippen MR) is 148 cm³/mol. The molecule has 3 rings (SSSR count). The van der Waals surface area contributed by atoms with Gasteiger partial charge in [0.15, 0.2) is 6.35 Å². The lowest BCUT2D eigenvalue weighted by molar-refractivity contribution is -0.124. The molecule has 1 fully saturated rings. The van der Waals surface area contributed by atoms with Crippen molar-refractivity contribution in [2.45, 2.75) is 77.8 Å². The minimum atomic E-state index is -3.60. The van der Waals surface area contributed by atoms with Crippen LogP contribution in [0.5, 0.6) is 5.75 Å². The minimum absolute atomic E-state index is 0.0485. The molecule has 0 radical (unpaired) electrons. The second kappa shape index (κ2) is 12.4. The van der Waals surface area contributed by atoms with Crippen molar-refractivity contribution in [1.82, 2.24) is 20.2 Å². The molecule has 1 unspecified atom stereocenters. The molecule has 0 bridgehead atoms. The Kier molecular flexibility index (Phi) is 9.65. The molecule has 14 heteroatoms. The number of amides is 2. The summed E-state index contributed by atoms with van der Waals surface area (Å²) in [5.74, 6) is 0.0420. The highest BCUT2D eigenvalue weighted by atomic mass is 31.2. The minimum Gasteiger partial charge on any atom is -0.444 e. The van der Waals surface area contributed by atoms with Crippen LogP contribution in [0.1, 0.15) is 47.1 Å². The Balaban J connectivity index is 1.60.